The first-order valence-electron chi connectivity index (χ1n) is 6.55. The normalized spacial score (nSPS) is 11.3. The molecule has 112 valence electrons. The van der Waals surface area contributed by atoms with Gasteiger partial charge in [0.2, 0.25) is 5.91 Å². The number of amides is 1. The fraction of sp³-hybridized carbons (Fsp3) is 0.462. The number of carbonyl (C=O) groups is 1. The van der Waals surface area contributed by atoms with Gasteiger partial charge in [0.1, 0.15) is 23.6 Å². The molecule has 1 heterocycles. The minimum Gasteiger partial charge on any atom is -0.368 e. The van der Waals surface area contributed by atoms with E-state index in [1.165, 1.54) is 0 Å². The van der Waals surface area contributed by atoms with Crippen molar-refractivity contribution in [3.8, 4) is 6.07 Å². The van der Waals surface area contributed by atoms with E-state index in [0.717, 1.165) is 18.7 Å². The maximum atomic E-state index is 11.6. The van der Waals surface area contributed by atoms with Crippen LogP contribution >= 0.6 is 0 Å². The average Bonchev–Trinajstić information content (AvgIpc) is 2.46. The first-order valence-corrected chi connectivity index (χ1v) is 6.55. The number of pyridine rings is 1. The number of nitrogens with one attached hydrogen (secondary N) is 2. The topological polar surface area (TPSA) is 121 Å². The van der Waals surface area contributed by atoms with Crippen molar-refractivity contribution in [3.63, 3.8) is 0 Å². The van der Waals surface area contributed by atoms with Crippen LogP contribution in [0, 0.1) is 21.4 Å². The van der Waals surface area contributed by atoms with E-state index in [4.69, 9.17) is 5.26 Å². The first-order chi connectivity index (χ1) is 9.97. The molecule has 0 bridgehead atoms. The Balaban J connectivity index is 2.58. The van der Waals surface area contributed by atoms with E-state index in [1.54, 1.807) is 0 Å². The summed E-state index contributed by atoms with van der Waals surface area (Å²) in [6.45, 7) is 4.18. The van der Waals surface area contributed by atoms with Crippen molar-refractivity contribution >= 4 is 17.4 Å². The number of rotatable bonds is 7. The molecule has 1 aromatic heterocycles. The number of anilines is 1. The average molecular weight is 291 g/mol. The molecule has 0 radical (unpaired) electrons. The number of hydrogen-bond acceptors (Lipinski definition) is 6. The zero-order valence-electron chi connectivity index (χ0n) is 11.9. The summed E-state index contributed by atoms with van der Waals surface area (Å²) in [5.74, 6) is 0.136. The maximum Gasteiger partial charge on any atom is 0.289 e. The van der Waals surface area contributed by atoms with Crippen molar-refractivity contribution in [2.45, 2.75) is 32.7 Å². The molecule has 1 rings (SSSR count). The molecule has 21 heavy (non-hydrogen) atoms. The molecular weight excluding hydrogens is 274 g/mol. The van der Waals surface area contributed by atoms with E-state index < -0.39 is 4.92 Å². The minimum absolute atomic E-state index is 0.0755. The van der Waals surface area contributed by atoms with Gasteiger partial charge in [-0.2, -0.15) is 5.26 Å². The first kappa shape index (κ1) is 16.4. The van der Waals surface area contributed by atoms with Gasteiger partial charge < -0.3 is 10.6 Å². The highest BCUT2D eigenvalue weighted by Crippen LogP contribution is 2.17. The summed E-state index contributed by atoms with van der Waals surface area (Å²) in [6, 6.07) is 3.10. The molecule has 1 unspecified atom stereocenters. The Kier molecular flexibility index (Phi) is 6.07. The molecule has 0 aliphatic rings. The minimum atomic E-state index is -0.614. The molecule has 0 saturated carbocycles. The molecule has 0 aliphatic heterocycles. The number of nitrogens with zero attached hydrogens (tertiary/aromatic N) is 3. The second kappa shape index (κ2) is 7.79. The molecule has 1 amide bonds. The standard InChI is InChI=1S/C13H17N5O3/c1-3-9(2)17-12(19)4-5-15-13-10(7-14)6-11(8-16-13)18(20)21/h6,8-9H,3-5H2,1-2H3,(H,15,16)(H,17,19). The van der Waals surface area contributed by atoms with Crippen LogP contribution < -0.4 is 10.6 Å². The van der Waals surface area contributed by atoms with E-state index in [-0.39, 0.29) is 35.4 Å². The van der Waals surface area contributed by atoms with Crippen LogP contribution in [0.3, 0.4) is 0 Å². The van der Waals surface area contributed by atoms with Crippen LogP contribution in [0.4, 0.5) is 11.5 Å². The van der Waals surface area contributed by atoms with E-state index in [2.05, 4.69) is 15.6 Å². The van der Waals surface area contributed by atoms with Gasteiger partial charge in [-0.15, -0.1) is 0 Å². The summed E-state index contributed by atoms with van der Waals surface area (Å²) in [4.78, 5) is 25.4. The molecule has 0 saturated heterocycles. The fourth-order valence-electron chi connectivity index (χ4n) is 1.52. The zero-order chi connectivity index (χ0) is 15.8. The van der Waals surface area contributed by atoms with Crippen molar-refractivity contribution in [1.29, 1.82) is 5.26 Å². The van der Waals surface area contributed by atoms with Crippen LogP contribution in [0.5, 0.6) is 0 Å². The van der Waals surface area contributed by atoms with Crippen molar-refractivity contribution < 1.29 is 9.72 Å². The zero-order valence-corrected chi connectivity index (χ0v) is 11.9. The van der Waals surface area contributed by atoms with Crippen LogP contribution in [0.25, 0.3) is 0 Å². The maximum absolute atomic E-state index is 11.6. The third-order valence-corrected chi connectivity index (χ3v) is 2.87. The molecule has 0 aliphatic carbocycles. The highest BCUT2D eigenvalue weighted by Gasteiger charge is 2.12. The molecule has 2 N–H and O–H groups in total. The largest absolute Gasteiger partial charge is 0.368 e. The second-order valence-corrected chi connectivity index (χ2v) is 4.51. The number of aromatic nitrogens is 1. The lowest BCUT2D eigenvalue weighted by molar-refractivity contribution is -0.385. The Morgan fingerprint density at radius 2 is 2.33 bits per heavy atom. The third kappa shape index (κ3) is 5.06. The van der Waals surface area contributed by atoms with Crippen LogP contribution in [-0.2, 0) is 4.79 Å². The smallest absolute Gasteiger partial charge is 0.289 e. The summed E-state index contributed by atoms with van der Waals surface area (Å²) in [5.41, 5.74) is -0.168. The molecular formula is C13H17N5O3. The van der Waals surface area contributed by atoms with Gasteiger partial charge in [-0.25, -0.2) is 4.98 Å². The number of nitro groups is 1. The number of nitriles is 1. The van der Waals surface area contributed by atoms with E-state index in [0.29, 0.717) is 6.54 Å². The van der Waals surface area contributed by atoms with Crippen LogP contribution in [-0.4, -0.2) is 28.4 Å². The van der Waals surface area contributed by atoms with Crippen LogP contribution in [0.15, 0.2) is 12.3 Å². The Bertz CT molecular complexity index is 567. The molecule has 8 nitrogen and oxygen atoms in total. The Labute approximate surface area is 122 Å². The Morgan fingerprint density at radius 3 is 2.90 bits per heavy atom. The van der Waals surface area contributed by atoms with Gasteiger partial charge in [0.05, 0.1) is 4.92 Å². The summed E-state index contributed by atoms with van der Waals surface area (Å²) < 4.78 is 0. The van der Waals surface area contributed by atoms with E-state index in [9.17, 15) is 14.9 Å². The summed E-state index contributed by atoms with van der Waals surface area (Å²) >= 11 is 0. The van der Waals surface area contributed by atoms with Crippen molar-refractivity contribution in [2.24, 2.45) is 0 Å². The van der Waals surface area contributed by atoms with Gasteiger partial charge in [0.15, 0.2) is 0 Å². The highest BCUT2D eigenvalue weighted by molar-refractivity contribution is 5.76. The second-order valence-electron chi connectivity index (χ2n) is 4.51. The Hall–Kier alpha value is -2.69. The summed E-state index contributed by atoms with van der Waals surface area (Å²) in [6.07, 6.45) is 2.15. The third-order valence-electron chi connectivity index (χ3n) is 2.87. The van der Waals surface area contributed by atoms with Gasteiger partial charge >= 0.3 is 0 Å². The predicted molar refractivity (Wildman–Crippen MR) is 76.6 cm³/mol. The quantitative estimate of drug-likeness (QED) is 0.581. The lowest BCUT2D eigenvalue weighted by Gasteiger charge is -2.12. The lowest BCUT2D eigenvalue weighted by atomic mass is 10.2. The van der Waals surface area contributed by atoms with Crippen LogP contribution in [0.1, 0.15) is 32.3 Å². The summed E-state index contributed by atoms with van der Waals surface area (Å²) in [5, 5.41) is 25.2. The van der Waals surface area contributed by atoms with Gasteiger partial charge in [0, 0.05) is 25.1 Å². The molecule has 0 spiro atoms. The fourth-order valence-corrected chi connectivity index (χ4v) is 1.52. The number of carbonyl (C=O) groups excluding carboxylic acids is 1. The lowest BCUT2D eigenvalue weighted by Crippen LogP contribution is -2.33. The van der Waals surface area contributed by atoms with Crippen LogP contribution in [0.2, 0.25) is 0 Å². The Morgan fingerprint density at radius 1 is 1.62 bits per heavy atom. The van der Waals surface area contributed by atoms with E-state index in [1.807, 2.05) is 19.9 Å². The van der Waals surface area contributed by atoms with Gasteiger partial charge in [0.25, 0.3) is 5.69 Å². The molecule has 1 aromatic rings. The van der Waals surface area contributed by atoms with Crippen molar-refractivity contribution in [1.82, 2.24) is 10.3 Å². The SMILES string of the molecule is CCC(C)NC(=O)CCNc1ncc([N+](=O)[O-])cc1C#N. The molecule has 0 aromatic carbocycles. The monoisotopic (exact) mass is 291 g/mol. The van der Waals surface area contributed by atoms with Gasteiger partial charge in [-0.05, 0) is 13.3 Å². The molecule has 1 atom stereocenters. The van der Waals surface area contributed by atoms with E-state index >= 15 is 0 Å². The highest BCUT2D eigenvalue weighted by atomic mass is 16.6. The van der Waals surface area contributed by atoms with Gasteiger partial charge in [-0.1, -0.05) is 6.92 Å². The number of hydrogen-bond donors (Lipinski definition) is 2. The van der Waals surface area contributed by atoms with Gasteiger partial charge in [-0.3, -0.25) is 14.9 Å². The van der Waals surface area contributed by atoms with Crippen molar-refractivity contribution in [2.75, 3.05) is 11.9 Å². The molecule has 8 heteroatoms. The predicted octanol–water partition coefficient (Wildman–Crippen LogP) is 1.58. The van der Waals surface area contributed by atoms with Crippen molar-refractivity contribution in [3.05, 3.63) is 27.9 Å². The summed E-state index contributed by atoms with van der Waals surface area (Å²) in [7, 11) is 0. The molecule has 0 fully saturated rings.